The van der Waals surface area contributed by atoms with E-state index < -0.39 is 20.5 Å². The minimum atomic E-state index is -2.80. The highest BCUT2D eigenvalue weighted by molar-refractivity contribution is 6.99. The number of hydroxylamine groups is 2. The zero-order valence-corrected chi connectivity index (χ0v) is 24.6. The van der Waals surface area contributed by atoms with Gasteiger partial charge in [-0.05, 0) is 34.2 Å². The van der Waals surface area contributed by atoms with Crippen LogP contribution in [0.4, 0.5) is 4.79 Å². The number of carbonyl (C=O) groups excluding carboxylic acids is 2. The summed E-state index contributed by atoms with van der Waals surface area (Å²) < 4.78 is 12.4. The first-order chi connectivity index (χ1) is 18.1. The van der Waals surface area contributed by atoms with E-state index in [4.69, 9.17) is 14.0 Å². The molecule has 1 heterocycles. The number of piperidine rings is 1. The Bertz CT molecular complexity index is 1030. The maximum absolute atomic E-state index is 13.2. The van der Waals surface area contributed by atoms with Crippen LogP contribution in [0.15, 0.2) is 73.3 Å². The lowest BCUT2D eigenvalue weighted by atomic mass is 9.84. The van der Waals surface area contributed by atoms with Crippen LogP contribution in [0.1, 0.15) is 40.0 Å². The molecule has 1 aliphatic heterocycles. The highest BCUT2D eigenvalue weighted by Crippen LogP contribution is 2.38. The molecule has 0 radical (unpaired) electrons. The SMILES string of the molecule is C=C[C@@H]1CC[C@@H](CO[Si](c2ccccc2)(c2ccccc2)C(C)(C)C)N(C(=O)OC)[C@H]1CC(=O)N(C)OC. The van der Waals surface area contributed by atoms with Crippen LogP contribution in [0.25, 0.3) is 0 Å². The summed E-state index contributed by atoms with van der Waals surface area (Å²) in [6.45, 7) is 11.0. The standard InChI is InChI=1S/C30H42N2O5Si/c1-8-23-19-20-24(32(29(34)35-6)27(23)21-28(33)31(5)36-7)22-37-38(30(2,3)4,25-15-11-9-12-16-25)26-17-13-10-14-18-26/h8-18,23-24,27H,1,19-22H2,2-7H3/t23-,24+,27+/m1/s1. The Morgan fingerprint density at radius 1 is 1.03 bits per heavy atom. The average molecular weight is 539 g/mol. The van der Waals surface area contributed by atoms with Crippen molar-refractivity contribution in [1.29, 1.82) is 0 Å². The van der Waals surface area contributed by atoms with Crippen LogP contribution in [0.2, 0.25) is 5.04 Å². The molecule has 0 saturated carbocycles. The van der Waals surface area contributed by atoms with Gasteiger partial charge >= 0.3 is 6.09 Å². The molecular formula is C30H42N2O5Si. The van der Waals surface area contributed by atoms with E-state index in [1.54, 1.807) is 11.9 Å². The molecule has 0 aromatic heterocycles. The summed E-state index contributed by atoms with van der Waals surface area (Å²) in [5.41, 5.74) is 0. The lowest BCUT2D eigenvalue weighted by Crippen LogP contribution is -2.68. The molecule has 38 heavy (non-hydrogen) atoms. The molecule has 8 heteroatoms. The zero-order valence-electron chi connectivity index (χ0n) is 23.6. The van der Waals surface area contributed by atoms with Crippen LogP contribution < -0.4 is 10.4 Å². The van der Waals surface area contributed by atoms with Gasteiger partial charge in [0.2, 0.25) is 5.91 Å². The van der Waals surface area contributed by atoms with Gasteiger partial charge in [-0.1, -0.05) is 87.5 Å². The first kappa shape index (κ1) is 29.6. The maximum Gasteiger partial charge on any atom is 0.410 e. The molecule has 1 aliphatic rings. The normalized spacial score (nSPS) is 20.1. The molecule has 0 unspecified atom stereocenters. The molecule has 0 aliphatic carbocycles. The van der Waals surface area contributed by atoms with Crippen LogP contribution in [-0.4, -0.2) is 70.2 Å². The van der Waals surface area contributed by atoms with Gasteiger partial charge in [-0.2, -0.15) is 0 Å². The molecule has 1 fully saturated rings. The van der Waals surface area contributed by atoms with Crippen molar-refractivity contribution in [3.05, 3.63) is 73.3 Å². The Balaban J connectivity index is 2.03. The summed E-state index contributed by atoms with van der Waals surface area (Å²) in [7, 11) is 1.59. The smallest absolute Gasteiger partial charge is 0.410 e. The van der Waals surface area contributed by atoms with Crippen molar-refractivity contribution >= 4 is 30.7 Å². The maximum atomic E-state index is 13.2. The van der Waals surface area contributed by atoms with Gasteiger partial charge in [0, 0.05) is 7.05 Å². The first-order valence-corrected chi connectivity index (χ1v) is 15.1. The van der Waals surface area contributed by atoms with E-state index in [2.05, 4.69) is 75.9 Å². The first-order valence-electron chi connectivity index (χ1n) is 13.1. The van der Waals surface area contributed by atoms with Crippen LogP contribution in [0.5, 0.6) is 0 Å². The van der Waals surface area contributed by atoms with E-state index in [-0.39, 0.29) is 29.3 Å². The number of rotatable bonds is 9. The second-order valence-corrected chi connectivity index (χ2v) is 15.1. The summed E-state index contributed by atoms with van der Waals surface area (Å²) in [5, 5.41) is 3.35. The number of likely N-dealkylation sites (tertiary alicyclic amines) is 1. The van der Waals surface area contributed by atoms with Crippen LogP contribution in [0.3, 0.4) is 0 Å². The summed E-state index contributed by atoms with van der Waals surface area (Å²) >= 11 is 0. The Hall–Kier alpha value is -2.94. The molecule has 7 nitrogen and oxygen atoms in total. The molecule has 1 saturated heterocycles. The minimum absolute atomic E-state index is 0.0487. The minimum Gasteiger partial charge on any atom is -0.453 e. The Labute approximate surface area is 228 Å². The molecule has 3 rings (SSSR count). The van der Waals surface area contributed by atoms with Gasteiger partial charge in [-0.3, -0.25) is 14.5 Å². The predicted molar refractivity (Wildman–Crippen MR) is 153 cm³/mol. The number of methoxy groups -OCH3 is 1. The Morgan fingerprint density at radius 3 is 2.03 bits per heavy atom. The van der Waals surface area contributed by atoms with Gasteiger partial charge in [0.05, 0.1) is 39.3 Å². The van der Waals surface area contributed by atoms with Crippen molar-refractivity contribution in [2.45, 2.75) is 57.2 Å². The highest BCUT2D eigenvalue weighted by Gasteiger charge is 2.51. The zero-order chi connectivity index (χ0) is 27.9. The van der Waals surface area contributed by atoms with Crippen molar-refractivity contribution in [2.24, 2.45) is 5.92 Å². The lowest BCUT2D eigenvalue weighted by Gasteiger charge is -2.48. The van der Waals surface area contributed by atoms with E-state index in [1.165, 1.54) is 29.7 Å². The van der Waals surface area contributed by atoms with E-state index in [0.717, 1.165) is 12.8 Å². The molecule has 0 bridgehead atoms. The molecule has 2 amide bonds. The summed E-state index contributed by atoms with van der Waals surface area (Å²) in [5.74, 6) is -0.265. The third-order valence-corrected chi connectivity index (χ3v) is 12.7. The molecular weight excluding hydrogens is 496 g/mol. The highest BCUT2D eigenvalue weighted by atomic mass is 28.4. The largest absolute Gasteiger partial charge is 0.453 e. The van der Waals surface area contributed by atoms with Crippen molar-refractivity contribution in [3.8, 4) is 0 Å². The van der Waals surface area contributed by atoms with Gasteiger partial charge in [-0.15, -0.1) is 6.58 Å². The lowest BCUT2D eigenvalue weighted by molar-refractivity contribution is -0.170. The number of nitrogens with zero attached hydrogens (tertiary/aromatic N) is 2. The van der Waals surface area contributed by atoms with Crippen LogP contribution in [0, 0.1) is 5.92 Å². The molecule has 3 atom stereocenters. The van der Waals surface area contributed by atoms with Gasteiger partial charge in [0.1, 0.15) is 0 Å². The Kier molecular flexibility index (Phi) is 9.92. The molecule has 2 aromatic rings. The third-order valence-electron chi connectivity index (χ3n) is 7.68. The van der Waals surface area contributed by atoms with E-state index in [1.807, 2.05) is 18.2 Å². The number of amides is 2. The fourth-order valence-electron chi connectivity index (χ4n) is 5.66. The van der Waals surface area contributed by atoms with E-state index in [9.17, 15) is 9.59 Å². The predicted octanol–water partition coefficient (Wildman–Crippen LogP) is 4.37. The van der Waals surface area contributed by atoms with Gasteiger partial charge in [-0.25, -0.2) is 9.86 Å². The second kappa shape index (κ2) is 12.7. The summed E-state index contributed by atoms with van der Waals surface area (Å²) in [6.07, 6.45) is 2.98. The second-order valence-electron chi connectivity index (χ2n) is 10.8. The molecule has 0 N–H and O–H groups in total. The van der Waals surface area contributed by atoms with E-state index in [0.29, 0.717) is 6.61 Å². The van der Waals surface area contributed by atoms with E-state index >= 15 is 0 Å². The topological polar surface area (TPSA) is 68.3 Å². The van der Waals surface area contributed by atoms with Crippen LogP contribution >= 0.6 is 0 Å². The fourth-order valence-corrected chi connectivity index (χ4v) is 10.3. The van der Waals surface area contributed by atoms with Gasteiger partial charge < -0.3 is 9.16 Å². The molecule has 0 spiro atoms. The van der Waals surface area contributed by atoms with Crippen LogP contribution in [-0.2, 0) is 18.8 Å². The van der Waals surface area contributed by atoms with Gasteiger partial charge in [0.15, 0.2) is 0 Å². The summed E-state index contributed by atoms with van der Waals surface area (Å²) in [6, 6.07) is 20.2. The average Bonchev–Trinajstić information content (AvgIpc) is 2.93. The number of hydrogen-bond acceptors (Lipinski definition) is 5. The molecule has 2 aromatic carbocycles. The number of hydrogen-bond donors (Lipinski definition) is 0. The number of carbonyl (C=O) groups is 2. The number of benzene rings is 2. The number of ether oxygens (including phenoxy) is 1. The fraction of sp³-hybridized carbons (Fsp3) is 0.467. The quantitative estimate of drug-likeness (QED) is 0.269. The monoisotopic (exact) mass is 538 g/mol. The Morgan fingerprint density at radius 2 is 1.58 bits per heavy atom. The summed E-state index contributed by atoms with van der Waals surface area (Å²) in [4.78, 5) is 32.9. The van der Waals surface area contributed by atoms with Gasteiger partial charge in [0.25, 0.3) is 8.32 Å². The van der Waals surface area contributed by atoms with Crippen molar-refractivity contribution in [1.82, 2.24) is 9.96 Å². The van der Waals surface area contributed by atoms with Crippen molar-refractivity contribution in [3.63, 3.8) is 0 Å². The third kappa shape index (κ3) is 6.03. The van der Waals surface area contributed by atoms with Crippen molar-refractivity contribution < 1.29 is 23.6 Å². The molecule has 206 valence electrons. The van der Waals surface area contributed by atoms with Crippen molar-refractivity contribution in [2.75, 3.05) is 27.9 Å².